The Morgan fingerprint density at radius 3 is 2.74 bits per heavy atom. The van der Waals surface area contributed by atoms with Crippen LogP contribution in [0.15, 0.2) is 31.2 Å². The van der Waals surface area contributed by atoms with Gasteiger partial charge in [0.05, 0.1) is 0 Å². The van der Waals surface area contributed by atoms with Crippen LogP contribution in [0.4, 0.5) is 4.39 Å². The number of imidazole rings is 1. The molecule has 23 heavy (non-hydrogen) atoms. The lowest BCUT2D eigenvalue weighted by molar-refractivity contribution is 0.629. The smallest absolute Gasteiger partial charge is 0.173 e. The van der Waals surface area contributed by atoms with E-state index in [9.17, 15) is 4.39 Å². The van der Waals surface area contributed by atoms with Crippen LogP contribution in [0.2, 0.25) is 0 Å². The molecular weight excluding hydrogens is 291 g/mol. The minimum atomic E-state index is -0.357. The zero-order chi connectivity index (χ0) is 16.1. The van der Waals surface area contributed by atoms with Gasteiger partial charge in [-0.3, -0.25) is 0 Å². The first kappa shape index (κ1) is 14.1. The van der Waals surface area contributed by atoms with Crippen molar-refractivity contribution < 1.29 is 4.39 Å². The highest BCUT2D eigenvalue weighted by Crippen LogP contribution is 2.38. The minimum Gasteiger partial charge on any atom is -0.301 e. The Balaban J connectivity index is 1.78. The van der Waals surface area contributed by atoms with E-state index in [0.717, 1.165) is 28.3 Å². The number of rotatable bonds is 3. The lowest BCUT2D eigenvalue weighted by atomic mass is 10.0. The first-order valence-corrected chi connectivity index (χ1v) is 7.71. The van der Waals surface area contributed by atoms with Crippen LogP contribution in [0.3, 0.4) is 0 Å². The summed E-state index contributed by atoms with van der Waals surface area (Å²) >= 11 is 0. The Labute approximate surface area is 133 Å². The van der Waals surface area contributed by atoms with Gasteiger partial charge in [0.1, 0.15) is 5.82 Å². The van der Waals surface area contributed by atoms with Crippen molar-refractivity contribution in [1.29, 1.82) is 0 Å². The molecule has 3 aromatic heterocycles. The number of pyridine rings is 1. The molecule has 0 saturated heterocycles. The van der Waals surface area contributed by atoms with Gasteiger partial charge in [-0.2, -0.15) is 0 Å². The van der Waals surface area contributed by atoms with Crippen molar-refractivity contribution >= 4 is 11.2 Å². The van der Waals surface area contributed by atoms with Crippen molar-refractivity contribution in [3.05, 3.63) is 65.4 Å². The van der Waals surface area contributed by atoms with E-state index in [1.54, 1.807) is 16.8 Å². The molecule has 5 heteroatoms. The number of nitrogens with zero attached hydrogens (tertiary/aromatic N) is 4. The maximum atomic E-state index is 14.3. The summed E-state index contributed by atoms with van der Waals surface area (Å²) in [5, 5.41) is 0. The van der Waals surface area contributed by atoms with Gasteiger partial charge in [-0.15, -0.1) is 0 Å². The average molecular weight is 308 g/mol. The van der Waals surface area contributed by atoms with Gasteiger partial charge in [-0.25, -0.2) is 19.3 Å². The zero-order valence-corrected chi connectivity index (χ0v) is 13.2. The average Bonchev–Trinajstić information content (AvgIpc) is 3.31. The number of fused-ring (bicyclic) bond motifs is 1. The normalized spacial score (nSPS) is 14.4. The topological polar surface area (TPSA) is 43.1 Å². The van der Waals surface area contributed by atoms with Gasteiger partial charge in [0, 0.05) is 47.0 Å². The Morgan fingerprint density at radius 1 is 1.26 bits per heavy atom. The summed E-state index contributed by atoms with van der Waals surface area (Å²) in [7, 11) is 0. The molecule has 1 aliphatic carbocycles. The zero-order valence-electron chi connectivity index (χ0n) is 13.2. The van der Waals surface area contributed by atoms with Crippen LogP contribution in [0.25, 0.3) is 11.2 Å². The fourth-order valence-corrected chi connectivity index (χ4v) is 2.80. The van der Waals surface area contributed by atoms with E-state index < -0.39 is 0 Å². The third-order valence-electron chi connectivity index (χ3n) is 4.36. The van der Waals surface area contributed by atoms with Crippen LogP contribution in [0.5, 0.6) is 0 Å². The van der Waals surface area contributed by atoms with Crippen LogP contribution in [0.1, 0.15) is 47.1 Å². The molecule has 1 saturated carbocycles. The maximum Gasteiger partial charge on any atom is 0.173 e. The predicted molar refractivity (Wildman–Crippen MR) is 86.8 cm³/mol. The van der Waals surface area contributed by atoms with Gasteiger partial charge in [0.25, 0.3) is 0 Å². The highest BCUT2D eigenvalue weighted by Gasteiger charge is 2.27. The summed E-state index contributed by atoms with van der Waals surface area (Å²) < 4.78 is 16.0. The van der Waals surface area contributed by atoms with Crippen LogP contribution < -0.4 is 0 Å². The lowest BCUT2D eigenvalue weighted by Crippen LogP contribution is -2.02. The molecule has 0 bridgehead atoms. The van der Waals surface area contributed by atoms with Crippen molar-refractivity contribution in [2.75, 3.05) is 0 Å². The standard InChI is InChI=1S/C18H17FN4/c1-10-7-21-18-16(19)6-14(9-23(10)18)11(2)15-8-20-17(13-4-5-13)22-12(15)3/h6-9,13H,2,4-5H2,1,3H3. The van der Waals surface area contributed by atoms with E-state index in [1.165, 1.54) is 18.9 Å². The summed E-state index contributed by atoms with van der Waals surface area (Å²) in [6.07, 6.45) is 7.66. The predicted octanol–water partition coefficient (Wildman–Crippen LogP) is 3.82. The first-order valence-electron chi connectivity index (χ1n) is 7.71. The summed E-state index contributed by atoms with van der Waals surface area (Å²) in [4.78, 5) is 13.1. The molecule has 0 radical (unpaired) electrons. The van der Waals surface area contributed by atoms with Gasteiger partial charge in [-0.1, -0.05) is 6.58 Å². The molecule has 1 aliphatic rings. The monoisotopic (exact) mass is 308 g/mol. The number of hydrogen-bond donors (Lipinski definition) is 0. The van der Waals surface area contributed by atoms with Gasteiger partial charge < -0.3 is 4.40 Å². The van der Waals surface area contributed by atoms with Gasteiger partial charge >= 0.3 is 0 Å². The second-order valence-corrected chi connectivity index (χ2v) is 6.15. The van der Waals surface area contributed by atoms with Gasteiger partial charge in [0.15, 0.2) is 11.5 Å². The Morgan fingerprint density at radius 2 is 2.04 bits per heavy atom. The van der Waals surface area contributed by atoms with Crippen molar-refractivity contribution in [2.24, 2.45) is 0 Å². The molecule has 3 aromatic rings. The fourth-order valence-electron chi connectivity index (χ4n) is 2.80. The summed E-state index contributed by atoms with van der Waals surface area (Å²) in [6, 6.07) is 1.47. The molecule has 0 amide bonds. The molecule has 3 heterocycles. The molecule has 0 unspecified atom stereocenters. The number of aryl methyl sites for hydroxylation is 2. The molecule has 116 valence electrons. The van der Waals surface area contributed by atoms with E-state index in [2.05, 4.69) is 21.5 Å². The van der Waals surface area contributed by atoms with Crippen molar-refractivity contribution in [1.82, 2.24) is 19.4 Å². The molecule has 4 nitrogen and oxygen atoms in total. The van der Waals surface area contributed by atoms with Crippen LogP contribution in [-0.4, -0.2) is 19.4 Å². The second-order valence-electron chi connectivity index (χ2n) is 6.15. The molecule has 0 aromatic carbocycles. The van der Waals surface area contributed by atoms with E-state index in [-0.39, 0.29) is 5.82 Å². The van der Waals surface area contributed by atoms with Crippen molar-refractivity contribution in [2.45, 2.75) is 32.6 Å². The molecule has 1 fully saturated rings. The van der Waals surface area contributed by atoms with Crippen molar-refractivity contribution in [3.63, 3.8) is 0 Å². The molecule has 0 N–H and O–H groups in total. The highest BCUT2D eigenvalue weighted by atomic mass is 19.1. The van der Waals surface area contributed by atoms with Crippen LogP contribution in [0, 0.1) is 19.7 Å². The van der Waals surface area contributed by atoms with E-state index in [1.807, 2.05) is 20.0 Å². The first-order chi connectivity index (χ1) is 11.0. The minimum absolute atomic E-state index is 0.330. The SMILES string of the molecule is C=C(c1cc(F)c2ncc(C)n2c1)c1cnc(C2CC2)nc1C. The maximum absolute atomic E-state index is 14.3. The third kappa shape index (κ3) is 2.32. The summed E-state index contributed by atoms with van der Waals surface area (Å²) in [5.74, 6) is 1.06. The summed E-state index contributed by atoms with van der Waals surface area (Å²) in [6.45, 7) is 7.97. The van der Waals surface area contributed by atoms with E-state index in [0.29, 0.717) is 17.1 Å². The highest BCUT2D eigenvalue weighted by molar-refractivity contribution is 5.79. The van der Waals surface area contributed by atoms with Crippen LogP contribution >= 0.6 is 0 Å². The molecule has 4 rings (SSSR count). The Bertz CT molecular complexity index is 938. The van der Waals surface area contributed by atoms with Crippen LogP contribution in [-0.2, 0) is 0 Å². The van der Waals surface area contributed by atoms with Crippen molar-refractivity contribution in [3.8, 4) is 0 Å². The van der Waals surface area contributed by atoms with E-state index in [4.69, 9.17) is 0 Å². The fraction of sp³-hybridized carbons (Fsp3) is 0.278. The summed E-state index contributed by atoms with van der Waals surface area (Å²) in [5.41, 5.74) is 4.38. The Kier molecular flexibility index (Phi) is 3.04. The Hall–Kier alpha value is -2.56. The second kappa shape index (κ2) is 4.98. The lowest BCUT2D eigenvalue weighted by Gasteiger charge is -2.11. The molecule has 0 atom stereocenters. The van der Waals surface area contributed by atoms with Gasteiger partial charge in [-0.05, 0) is 38.3 Å². The van der Waals surface area contributed by atoms with E-state index >= 15 is 0 Å². The molecule has 0 spiro atoms. The quantitative estimate of drug-likeness (QED) is 0.739. The number of aromatic nitrogens is 4. The molecular formula is C18H17FN4. The third-order valence-corrected chi connectivity index (χ3v) is 4.36. The number of hydrogen-bond acceptors (Lipinski definition) is 3. The molecule has 0 aliphatic heterocycles. The van der Waals surface area contributed by atoms with Gasteiger partial charge in [0.2, 0.25) is 0 Å². The number of halogens is 1. The largest absolute Gasteiger partial charge is 0.301 e.